The van der Waals surface area contributed by atoms with E-state index in [2.05, 4.69) is 22.7 Å². The van der Waals surface area contributed by atoms with Crippen LogP contribution < -0.4 is 11.2 Å². The first-order valence-electron chi connectivity index (χ1n) is 3.31. The minimum absolute atomic E-state index is 0.133. The van der Waals surface area contributed by atoms with Crippen LogP contribution in [0.3, 0.4) is 0 Å². The normalized spacial score (nSPS) is 25.1. The molecule has 0 spiro atoms. The van der Waals surface area contributed by atoms with Gasteiger partial charge in [-0.05, 0) is 26.1 Å². The van der Waals surface area contributed by atoms with Gasteiger partial charge in [0.05, 0.1) is 5.60 Å². The summed E-state index contributed by atoms with van der Waals surface area (Å²) in [4.78, 5) is 9.02. The number of amidine groups is 1. The van der Waals surface area contributed by atoms with E-state index in [1.54, 1.807) is 0 Å². The highest BCUT2D eigenvalue weighted by molar-refractivity contribution is 7.80. The number of nitrogens with one attached hydrogen (secondary N) is 1. The quantitative estimate of drug-likeness (QED) is 0.518. The molecule has 3 N–H and O–H groups in total. The minimum Gasteiger partial charge on any atom is -0.374 e. The van der Waals surface area contributed by atoms with Crippen molar-refractivity contribution in [2.45, 2.75) is 25.9 Å². The van der Waals surface area contributed by atoms with Crippen molar-refractivity contribution in [2.24, 2.45) is 10.7 Å². The predicted octanol–water partition coefficient (Wildman–Crippen LogP) is 0.332. The van der Waals surface area contributed by atoms with E-state index >= 15 is 0 Å². The summed E-state index contributed by atoms with van der Waals surface area (Å²) in [6.07, 6.45) is 0.713. The number of hydroxylamine groups is 1. The van der Waals surface area contributed by atoms with Gasteiger partial charge in [-0.3, -0.25) is 10.3 Å². The van der Waals surface area contributed by atoms with Crippen molar-refractivity contribution in [3.8, 4) is 0 Å². The fourth-order valence-corrected chi connectivity index (χ4v) is 0.978. The van der Waals surface area contributed by atoms with Crippen LogP contribution in [0.2, 0.25) is 0 Å². The minimum atomic E-state index is -0.205. The summed E-state index contributed by atoms with van der Waals surface area (Å²) in [5, 5.41) is 0.133. The van der Waals surface area contributed by atoms with Crippen molar-refractivity contribution in [1.82, 2.24) is 5.48 Å². The Morgan fingerprint density at radius 1 is 1.82 bits per heavy atom. The molecule has 1 saturated heterocycles. The van der Waals surface area contributed by atoms with Gasteiger partial charge in [-0.1, -0.05) is 0 Å². The highest BCUT2D eigenvalue weighted by Gasteiger charge is 2.29. The molecule has 0 aromatic rings. The molecule has 0 saturated carbocycles. The molecule has 0 radical (unpaired) electrons. The first-order chi connectivity index (χ1) is 4.99. The van der Waals surface area contributed by atoms with E-state index in [1.807, 2.05) is 13.8 Å². The van der Waals surface area contributed by atoms with Gasteiger partial charge in [-0.15, -0.1) is 0 Å². The predicted molar refractivity (Wildman–Crippen MR) is 47.1 cm³/mol. The molecule has 4 nitrogen and oxygen atoms in total. The second kappa shape index (κ2) is 2.75. The molecule has 1 fully saturated rings. The SMILES string of the molecule is CC1(C)CC(=NC(N)=S)NO1. The van der Waals surface area contributed by atoms with Gasteiger partial charge in [0, 0.05) is 6.42 Å². The van der Waals surface area contributed by atoms with E-state index in [0.29, 0.717) is 12.3 Å². The molecule has 0 bridgehead atoms. The first-order valence-corrected chi connectivity index (χ1v) is 3.71. The summed E-state index contributed by atoms with van der Waals surface area (Å²) >= 11 is 4.60. The van der Waals surface area contributed by atoms with Crippen LogP contribution in [-0.4, -0.2) is 16.5 Å². The van der Waals surface area contributed by atoms with Crippen LogP contribution in [0, 0.1) is 0 Å². The maximum absolute atomic E-state index is 5.21. The number of nitrogens with zero attached hydrogens (tertiary/aromatic N) is 1. The Morgan fingerprint density at radius 2 is 2.45 bits per heavy atom. The van der Waals surface area contributed by atoms with Gasteiger partial charge in [-0.2, -0.15) is 0 Å². The molecule has 1 aliphatic heterocycles. The molecule has 0 atom stereocenters. The van der Waals surface area contributed by atoms with Gasteiger partial charge in [-0.25, -0.2) is 4.99 Å². The van der Waals surface area contributed by atoms with E-state index in [4.69, 9.17) is 10.6 Å². The molecule has 62 valence electrons. The van der Waals surface area contributed by atoms with Crippen LogP contribution in [0.4, 0.5) is 0 Å². The zero-order valence-corrected chi connectivity index (χ0v) is 7.36. The molecular formula is C6H11N3OS. The Balaban J connectivity index is 2.61. The summed E-state index contributed by atoms with van der Waals surface area (Å²) in [6.45, 7) is 3.92. The average molecular weight is 173 g/mol. The monoisotopic (exact) mass is 173 g/mol. The van der Waals surface area contributed by atoms with Gasteiger partial charge in [0.2, 0.25) is 0 Å². The van der Waals surface area contributed by atoms with Gasteiger partial charge in [0.1, 0.15) is 5.84 Å². The second-order valence-corrected chi connectivity index (χ2v) is 3.46. The number of aliphatic imine (C=N–C) groups is 1. The molecule has 0 aliphatic carbocycles. The van der Waals surface area contributed by atoms with Crippen molar-refractivity contribution in [3.63, 3.8) is 0 Å². The van der Waals surface area contributed by atoms with Crippen LogP contribution in [0.15, 0.2) is 4.99 Å². The lowest BCUT2D eigenvalue weighted by molar-refractivity contribution is -0.0200. The lowest BCUT2D eigenvalue weighted by Gasteiger charge is -2.11. The van der Waals surface area contributed by atoms with Crippen molar-refractivity contribution in [2.75, 3.05) is 0 Å². The molecule has 1 aliphatic rings. The van der Waals surface area contributed by atoms with Crippen molar-refractivity contribution < 1.29 is 4.84 Å². The standard InChI is InChI=1S/C6H11N3OS/c1-6(2)3-4(9-10-6)8-5(7)11/h3H2,1-2H3,(H3,7,8,9,11). The maximum Gasteiger partial charge on any atom is 0.191 e. The number of rotatable bonds is 0. The zero-order chi connectivity index (χ0) is 8.48. The van der Waals surface area contributed by atoms with E-state index in [1.165, 1.54) is 0 Å². The van der Waals surface area contributed by atoms with Crippen molar-refractivity contribution >= 4 is 23.2 Å². The third kappa shape index (κ3) is 2.44. The lowest BCUT2D eigenvalue weighted by Crippen LogP contribution is -2.19. The zero-order valence-electron chi connectivity index (χ0n) is 6.55. The number of hydrogen-bond donors (Lipinski definition) is 2. The van der Waals surface area contributed by atoms with Gasteiger partial charge in [0.25, 0.3) is 0 Å². The number of nitrogens with two attached hydrogens (primary N) is 1. The van der Waals surface area contributed by atoms with E-state index in [-0.39, 0.29) is 10.7 Å². The fourth-order valence-electron chi connectivity index (χ4n) is 0.868. The van der Waals surface area contributed by atoms with Crippen LogP contribution in [-0.2, 0) is 4.84 Å². The van der Waals surface area contributed by atoms with Crippen LogP contribution in [0.1, 0.15) is 20.3 Å². The number of hydrogen-bond acceptors (Lipinski definition) is 2. The topological polar surface area (TPSA) is 59.6 Å². The van der Waals surface area contributed by atoms with E-state index in [0.717, 1.165) is 0 Å². The van der Waals surface area contributed by atoms with Crippen LogP contribution in [0.5, 0.6) is 0 Å². The smallest absolute Gasteiger partial charge is 0.191 e. The third-order valence-electron chi connectivity index (χ3n) is 1.28. The Hall–Kier alpha value is -0.680. The largest absolute Gasteiger partial charge is 0.374 e. The molecule has 11 heavy (non-hydrogen) atoms. The lowest BCUT2D eigenvalue weighted by atomic mass is 10.1. The second-order valence-electron chi connectivity index (χ2n) is 3.04. The van der Waals surface area contributed by atoms with Crippen molar-refractivity contribution in [3.05, 3.63) is 0 Å². The Labute approximate surface area is 70.8 Å². The maximum atomic E-state index is 5.21. The summed E-state index contributed by atoms with van der Waals surface area (Å²) < 4.78 is 0. The Morgan fingerprint density at radius 3 is 2.82 bits per heavy atom. The molecule has 0 amide bonds. The molecule has 1 heterocycles. The molecule has 0 unspecified atom stereocenters. The summed E-state index contributed by atoms with van der Waals surface area (Å²) in [5.41, 5.74) is 7.67. The fraction of sp³-hybridized carbons (Fsp3) is 0.667. The van der Waals surface area contributed by atoms with E-state index in [9.17, 15) is 0 Å². The van der Waals surface area contributed by atoms with Crippen LogP contribution >= 0.6 is 12.2 Å². The summed E-state index contributed by atoms with van der Waals surface area (Å²) in [7, 11) is 0. The third-order valence-corrected chi connectivity index (χ3v) is 1.37. The van der Waals surface area contributed by atoms with Gasteiger partial charge < -0.3 is 5.73 Å². The molecule has 0 aromatic carbocycles. The Bertz CT molecular complexity index is 212. The highest BCUT2D eigenvalue weighted by Crippen LogP contribution is 2.18. The first kappa shape index (κ1) is 8.42. The van der Waals surface area contributed by atoms with Crippen LogP contribution in [0.25, 0.3) is 0 Å². The molecule has 1 rings (SSSR count). The van der Waals surface area contributed by atoms with Crippen molar-refractivity contribution in [1.29, 1.82) is 0 Å². The van der Waals surface area contributed by atoms with Gasteiger partial charge >= 0.3 is 0 Å². The van der Waals surface area contributed by atoms with E-state index < -0.39 is 0 Å². The molecule has 5 heteroatoms. The molecule has 0 aromatic heterocycles. The highest BCUT2D eigenvalue weighted by atomic mass is 32.1. The summed E-state index contributed by atoms with van der Waals surface area (Å²) in [6, 6.07) is 0. The Kier molecular flexibility index (Phi) is 2.10. The average Bonchev–Trinajstić information content (AvgIpc) is 2.08. The molecular weight excluding hydrogens is 162 g/mol. The van der Waals surface area contributed by atoms with Gasteiger partial charge in [0.15, 0.2) is 5.11 Å². The summed E-state index contributed by atoms with van der Waals surface area (Å²) in [5.74, 6) is 0.697. The number of thiocarbonyl (C=S) groups is 1.